The third-order valence-electron chi connectivity index (χ3n) is 17.7. The predicted molar refractivity (Wildman–Crippen MR) is 256 cm³/mol. The largest absolute Gasteiger partial charge is 0.147 e. The number of fused-ring (bicyclic) bond motifs is 6. The van der Waals surface area contributed by atoms with Crippen LogP contribution in [0.1, 0.15) is 142 Å². The Hall–Kier alpha value is -2.80. The van der Waals surface area contributed by atoms with E-state index in [1.165, 1.54) is 0 Å². The summed E-state index contributed by atoms with van der Waals surface area (Å²) >= 11 is -4.88. The molecule has 378 valence electrons. The van der Waals surface area contributed by atoms with Crippen LogP contribution < -0.4 is 0 Å². The molecule has 10 rings (SSSR count). The molecule has 0 nitrogen and oxygen atoms in total. The molecule has 6 aliphatic rings. The monoisotopic (exact) mass is 1120 g/mol. The van der Waals surface area contributed by atoms with Gasteiger partial charge in [0.15, 0.2) is 0 Å². The molecule has 4 aromatic rings. The summed E-state index contributed by atoms with van der Waals surface area (Å²) < 4.78 is 176. The Labute approximate surface area is 415 Å². The standard InChI is InChI=1S/2C25H21F6.C3H7.CH3.2ClH.H2Si.Zr/c2*26-24(27,28)19-10-18(11-20(12-19)25(29,30)31)21-3-1-2-17-8-16(9-22(17)21)14-23-6-4-15(13-23)5-7-23;1-3-2;;;;;/h2*1-3,8-12,15H,4-7,13-14H2;1,3H2,2H3;1H3;2*1H;1H2;. The fourth-order valence-electron chi connectivity index (χ4n) is 15.2. The number of hydrogen-bond acceptors (Lipinski definition) is 0. The van der Waals surface area contributed by atoms with E-state index in [4.69, 9.17) is 0 Å². The average molecular weight is 1120 g/mol. The van der Waals surface area contributed by atoms with E-state index in [2.05, 4.69) is 30.6 Å². The van der Waals surface area contributed by atoms with E-state index in [-0.39, 0.29) is 66.2 Å². The topological polar surface area (TPSA) is 0 Å². The van der Waals surface area contributed by atoms with Gasteiger partial charge in [0.1, 0.15) is 0 Å². The van der Waals surface area contributed by atoms with Crippen LogP contribution in [0.25, 0.3) is 34.4 Å². The second kappa shape index (κ2) is 18.0. The molecular weight excluding hydrogens is 1070 g/mol. The van der Waals surface area contributed by atoms with Crippen molar-refractivity contribution >= 4 is 43.8 Å². The van der Waals surface area contributed by atoms with Gasteiger partial charge >= 0.3 is 394 Å². The van der Waals surface area contributed by atoms with Crippen LogP contribution >= 0.6 is 24.8 Å². The first kappa shape index (κ1) is 53.5. The molecule has 4 bridgehead atoms. The zero-order valence-electron chi connectivity index (χ0n) is 38.9. The van der Waals surface area contributed by atoms with Crippen molar-refractivity contribution in [1.82, 2.24) is 0 Å². The number of rotatable bonds is 10. The Morgan fingerprint density at radius 3 is 1.13 bits per heavy atom. The molecule has 0 radical (unpaired) electrons. The minimum atomic E-state index is -5.04. The van der Waals surface area contributed by atoms with Crippen molar-refractivity contribution in [1.29, 1.82) is 0 Å². The van der Waals surface area contributed by atoms with Gasteiger partial charge in [0.2, 0.25) is 0 Å². The van der Waals surface area contributed by atoms with E-state index in [9.17, 15) is 52.7 Å². The van der Waals surface area contributed by atoms with Gasteiger partial charge < -0.3 is 0 Å². The molecule has 70 heavy (non-hydrogen) atoms. The van der Waals surface area contributed by atoms with Crippen LogP contribution in [-0.2, 0) is 42.1 Å². The molecule has 0 aromatic heterocycles. The minimum absolute atomic E-state index is 0. The quantitative estimate of drug-likeness (QED) is 0.110. The molecule has 4 saturated carbocycles. The zero-order valence-corrected chi connectivity index (χ0v) is 44.4. The molecule has 16 heteroatoms. The summed E-state index contributed by atoms with van der Waals surface area (Å²) in [6, 6.07) is 14.3. The molecule has 4 fully saturated rings. The second-order valence-electron chi connectivity index (χ2n) is 22.4. The average Bonchev–Trinajstić information content (AvgIpc) is 4.12. The second-order valence-corrected chi connectivity index (χ2v) is 50.8. The van der Waals surface area contributed by atoms with E-state index in [1.807, 2.05) is 12.1 Å². The van der Waals surface area contributed by atoms with Gasteiger partial charge in [0, 0.05) is 0 Å². The minimum Gasteiger partial charge on any atom is -0.147 e. The van der Waals surface area contributed by atoms with Crippen LogP contribution in [0.3, 0.4) is 0 Å². The van der Waals surface area contributed by atoms with Crippen molar-refractivity contribution in [3.63, 3.8) is 0 Å². The normalized spacial score (nSPS) is 26.2. The smallest absolute Gasteiger partial charge is 0.147 e. The summed E-state index contributed by atoms with van der Waals surface area (Å²) in [6.45, 7) is 4.23. The fraction of sp³-hybridized carbons (Fsp3) is 0.481. The SMILES string of the molecule is CC[CH2][Zr]([CH3])(=[SiH2])([CH]1C(CC23CCC(CC2)C3)=Cc2c(-c3cc(C(F)(F)F)cc(C(F)(F)F)c3)cccc21)[CH]1C(CC23CCC(CC2)C3)=Cc2c(-c3cc(C(F)(F)F)cc(C(F)(F)F)c3)cccc21.Cl.Cl. The van der Waals surface area contributed by atoms with Crippen molar-refractivity contribution < 1.29 is 70.1 Å². The third-order valence-corrected chi connectivity index (χ3v) is 41.2. The van der Waals surface area contributed by atoms with Gasteiger partial charge in [-0.2, -0.15) is 0 Å². The number of hydrogen-bond donors (Lipinski definition) is 0. The van der Waals surface area contributed by atoms with E-state index in [1.54, 1.807) is 24.3 Å². The number of benzene rings is 4. The van der Waals surface area contributed by atoms with E-state index in [0.29, 0.717) is 34.1 Å². The summed E-state index contributed by atoms with van der Waals surface area (Å²) in [6.07, 6.45) is -3.07. The first-order chi connectivity index (χ1) is 31.7. The molecule has 0 saturated heterocycles. The van der Waals surface area contributed by atoms with Gasteiger partial charge in [-0.1, -0.05) is 0 Å². The van der Waals surface area contributed by atoms with E-state index in [0.717, 1.165) is 134 Å². The Morgan fingerprint density at radius 2 is 0.857 bits per heavy atom. The van der Waals surface area contributed by atoms with E-state index < -0.39 is 64.4 Å². The number of allylic oxidation sites excluding steroid dienone is 2. The van der Waals surface area contributed by atoms with Gasteiger partial charge in [0.05, 0.1) is 0 Å². The summed E-state index contributed by atoms with van der Waals surface area (Å²) in [5, 5.41) is 0. The van der Waals surface area contributed by atoms with Crippen LogP contribution in [0, 0.1) is 22.7 Å². The molecule has 0 spiro atoms. The van der Waals surface area contributed by atoms with Gasteiger partial charge in [0.25, 0.3) is 0 Å². The zero-order chi connectivity index (χ0) is 48.6. The molecule has 2 unspecified atom stereocenters. The summed E-state index contributed by atoms with van der Waals surface area (Å²) in [5.41, 5.74) is 0.0551. The predicted octanol–water partition coefficient (Wildman–Crippen LogP) is 18.6. The van der Waals surface area contributed by atoms with Crippen LogP contribution in [0.15, 0.2) is 83.9 Å². The Bertz CT molecular complexity index is 2590. The molecule has 4 aromatic carbocycles. The molecule has 0 amide bonds. The maximum absolute atomic E-state index is 14.4. The maximum atomic E-state index is 14.4. The van der Waals surface area contributed by atoms with Gasteiger partial charge in [-0.05, 0) is 0 Å². The number of halogens is 14. The van der Waals surface area contributed by atoms with Crippen molar-refractivity contribution in [2.24, 2.45) is 22.7 Å². The van der Waals surface area contributed by atoms with Crippen LogP contribution in [-0.4, -0.2) is 6.88 Å². The maximum Gasteiger partial charge on any atom is -0.147 e. The first-order valence-electron chi connectivity index (χ1n) is 24.0. The first-order valence-corrected chi connectivity index (χ1v) is 37.0. The molecule has 0 aliphatic heterocycles. The molecule has 2 atom stereocenters. The van der Waals surface area contributed by atoms with Crippen molar-refractivity contribution in [2.75, 3.05) is 0 Å². The summed E-state index contributed by atoms with van der Waals surface area (Å²) in [7, 11) is 0. The van der Waals surface area contributed by atoms with Gasteiger partial charge in [-0.15, -0.1) is 24.8 Å². The third kappa shape index (κ3) is 9.28. The molecule has 0 heterocycles. The van der Waals surface area contributed by atoms with Gasteiger partial charge in [-0.25, -0.2) is 0 Å². The number of alkyl halides is 12. The Kier molecular flexibility index (Phi) is 13.7. The van der Waals surface area contributed by atoms with Crippen LogP contribution in [0.5, 0.6) is 0 Å². The molecular formula is C54H56Cl2F12SiZr. The Balaban J connectivity index is 0.00000329. The van der Waals surface area contributed by atoms with Crippen molar-refractivity contribution in [2.45, 2.75) is 131 Å². The van der Waals surface area contributed by atoms with E-state index >= 15 is 0 Å². The van der Waals surface area contributed by atoms with Gasteiger partial charge in [-0.3, -0.25) is 0 Å². The fourth-order valence-corrected chi connectivity index (χ4v) is 40.9. The molecule has 0 N–H and O–H groups in total. The summed E-state index contributed by atoms with van der Waals surface area (Å²) in [5.74, 6) is 1.21. The van der Waals surface area contributed by atoms with Crippen molar-refractivity contribution in [3.8, 4) is 22.3 Å². The Morgan fingerprint density at radius 1 is 0.529 bits per heavy atom. The summed E-state index contributed by atoms with van der Waals surface area (Å²) in [4.78, 5) is 0. The molecule has 6 aliphatic carbocycles. The van der Waals surface area contributed by atoms with Crippen LogP contribution in [0.4, 0.5) is 52.7 Å². The van der Waals surface area contributed by atoms with Crippen LogP contribution in [0.2, 0.25) is 8.76 Å². The van der Waals surface area contributed by atoms with Crippen molar-refractivity contribution in [3.05, 3.63) is 128 Å².